The molecule has 1 aliphatic heterocycles. The summed E-state index contributed by atoms with van der Waals surface area (Å²) in [6.07, 6.45) is -0.999. The van der Waals surface area contributed by atoms with Gasteiger partial charge < -0.3 is 20.1 Å². The van der Waals surface area contributed by atoms with Gasteiger partial charge in [-0.1, -0.05) is 13.8 Å². The van der Waals surface area contributed by atoms with Crippen molar-refractivity contribution in [3.8, 4) is 0 Å². The molecule has 0 saturated carbocycles. The molecule has 7 heteroatoms. The molecular weight excluding hydrogens is 262 g/mol. The first kappa shape index (κ1) is 16.7. The third-order valence-electron chi connectivity index (χ3n) is 3.28. The number of hydrogen-bond acceptors (Lipinski definition) is 4. The van der Waals surface area contributed by atoms with Crippen LogP contribution in [-0.4, -0.2) is 79.4 Å². The zero-order valence-electron chi connectivity index (χ0n) is 12.5. The SMILES string of the molecule is COC(CNC(=O)N1CCN(CC(C)C)CC1)C(=O)O. The Kier molecular flexibility index (Phi) is 6.74. The molecule has 0 radical (unpaired) electrons. The second kappa shape index (κ2) is 8.06. The van der Waals surface area contributed by atoms with Crippen LogP contribution < -0.4 is 5.32 Å². The molecule has 1 unspecified atom stereocenters. The lowest BCUT2D eigenvalue weighted by Gasteiger charge is -2.35. The van der Waals surface area contributed by atoms with Gasteiger partial charge >= 0.3 is 12.0 Å². The Morgan fingerprint density at radius 2 is 1.85 bits per heavy atom. The van der Waals surface area contributed by atoms with Gasteiger partial charge in [-0.05, 0) is 5.92 Å². The Morgan fingerprint density at radius 1 is 1.25 bits per heavy atom. The van der Waals surface area contributed by atoms with Gasteiger partial charge in [0.1, 0.15) is 0 Å². The van der Waals surface area contributed by atoms with Gasteiger partial charge in [0, 0.05) is 39.8 Å². The van der Waals surface area contributed by atoms with Crippen molar-refractivity contribution in [2.75, 3.05) is 46.4 Å². The van der Waals surface area contributed by atoms with Crippen molar-refractivity contribution in [2.24, 2.45) is 5.92 Å². The third-order valence-corrected chi connectivity index (χ3v) is 3.28. The van der Waals surface area contributed by atoms with Gasteiger partial charge in [0.25, 0.3) is 0 Å². The molecule has 1 heterocycles. The first-order valence-corrected chi connectivity index (χ1v) is 6.94. The van der Waals surface area contributed by atoms with Crippen molar-refractivity contribution in [2.45, 2.75) is 20.0 Å². The highest BCUT2D eigenvalue weighted by Crippen LogP contribution is 2.05. The molecule has 7 nitrogen and oxygen atoms in total. The summed E-state index contributed by atoms with van der Waals surface area (Å²) in [5, 5.41) is 11.4. The van der Waals surface area contributed by atoms with E-state index >= 15 is 0 Å². The van der Waals surface area contributed by atoms with Crippen LogP contribution in [0, 0.1) is 5.92 Å². The molecule has 1 rings (SSSR count). The van der Waals surface area contributed by atoms with Crippen molar-refractivity contribution in [3.05, 3.63) is 0 Å². The number of carboxylic acid groups (broad SMARTS) is 1. The lowest BCUT2D eigenvalue weighted by atomic mass is 10.2. The van der Waals surface area contributed by atoms with Crippen molar-refractivity contribution < 1.29 is 19.4 Å². The minimum atomic E-state index is -1.07. The number of carbonyl (C=O) groups excluding carboxylic acids is 1. The lowest BCUT2D eigenvalue weighted by molar-refractivity contribution is -0.148. The summed E-state index contributed by atoms with van der Waals surface area (Å²) in [7, 11) is 1.32. The Morgan fingerprint density at radius 3 is 2.30 bits per heavy atom. The van der Waals surface area contributed by atoms with Crippen LogP contribution in [0.15, 0.2) is 0 Å². The highest BCUT2D eigenvalue weighted by Gasteiger charge is 2.23. The van der Waals surface area contributed by atoms with E-state index in [9.17, 15) is 9.59 Å². The Labute approximate surface area is 119 Å². The van der Waals surface area contributed by atoms with Crippen molar-refractivity contribution in [3.63, 3.8) is 0 Å². The van der Waals surface area contributed by atoms with E-state index in [-0.39, 0.29) is 12.6 Å². The van der Waals surface area contributed by atoms with Crippen LogP contribution in [0.4, 0.5) is 4.79 Å². The number of ether oxygens (including phenoxy) is 1. The quantitative estimate of drug-likeness (QED) is 0.722. The van der Waals surface area contributed by atoms with Crippen molar-refractivity contribution >= 4 is 12.0 Å². The Bertz CT molecular complexity index is 328. The number of hydrogen-bond donors (Lipinski definition) is 2. The number of carbonyl (C=O) groups is 2. The van der Waals surface area contributed by atoms with E-state index in [1.807, 2.05) is 0 Å². The maximum absolute atomic E-state index is 11.9. The van der Waals surface area contributed by atoms with E-state index in [0.29, 0.717) is 19.0 Å². The van der Waals surface area contributed by atoms with E-state index in [1.54, 1.807) is 4.90 Å². The first-order chi connectivity index (χ1) is 9.43. The number of nitrogens with one attached hydrogen (secondary N) is 1. The van der Waals surface area contributed by atoms with Crippen LogP contribution in [0.25, 0.3) is 0 Å². The van der Waals surface area contributed by atoms with E-state index < -0.39 is 12.1 Å². The van der Waals surface area contributed by atoms with Gasteiger partial charge in [-0.2, -0.15) is 0 Å². The summed E-state index contributed by atoms with van der Waals surface area (Å²) in [6, 6.07) is -0.225. The predicted octanol–water partition coefficient (Wildman–Crippen LogP) is 0.0692. The largest absolute Gasteiger partial charge is 0.479 e. The standard InChI is InChI=1S/C13H25N3O4/c1-10(2)9-15-4-6-16(7-5-15)13(19)14-8-11(20-3)12(17)18/h10-11H,4-9H2,1-3H3,(H,14,19)(H,17,18). The number of aliphatic carboxylic acids is 1. The topological polar surface area (TPSA) is 82.1 Å². The highest BCUT2D eigenvalue weighted by molar-refractivity contribution is 5.77. The molecule has 1 aliphatic rings. The maximum Gasteiger partial charge on any atom is 0.334 e. The van der Waals surface area contributed by atoms with Crippen LogP contribution in [0.2, 0.25) is 0 Å². The minimum Gasteiger partial charge on any atom is -0.479 e. The molecule has 2 N–H and O–H groups in total. The Hall–Kier alpha value is -1.34. The molecule has 0 aliphatic carbocycles. The molecule has 0 aromatic rings. The number of urea groups is 1. The van der Waals surface area contributed by atoms with Gasteiger partial charge in [0.2, 0.25) is 0 Å². The average molecular weight is 287 g/mol. The summed E-state index contributed by atoms with van der Waals surface area (Å²) in [6.45, 7) is 8.44. The third kappa shape index (κ3) is 5.34. The van der Waals surface area contributed by atoms with Gasteiger partial charge in [0.15, 0.2) is 6.10 Å². The summed E-state index contributed by atoms with van der Waals surface area (Å²) in [4.78, 5) is 26.7. The van der Waals surface area contributed by atoms with Gasteiger partial charge in [-0.3, -0.25) is 4.90 Å². The Balaban J connectivity index is 2.30. The fourth-order valence-electron chi connectivity index (χ4n) is 2.21. The average Bonchev–Trinajstić information content (AvgIpc) is 2.39. The fourth-order valence-corrected chi connectivity index (χ4v) is 2.21. The maximum atomic E-state index is 11.9. The monoisotopic (exact) mass is 287 g/mol. The van der Waals surface area contributed by atoms with E-state index in [0.717, 1.165) is 19.6 Å². The molecule has 20 heavy (non-hydrogen) atoms. The van der Waals surface area contributed by atoms with Crippen LogP contribution in [0.1, 0.15) is 13.8 Å². The van der Waals surface area contributed by atoms with Crippen LogP contribution >= 0.6 is 0 Å². The van der Waals surface area contributed by atoms with E-state index in [1.165, 1.54) is 7.11 Å². The molecule has 2 amide bonds. The zero-order chi connectivity index (χ0) is 15.1. The highest BCUT2D eigenvalue weighted by atomic mass is 16.5. The minimum absolute atomic E-state index is 0.0170. The molecular formula is C13H25N3O4. The molecule has 0 bridgehead atoms. The number of amides is 2. The van der Waals surface area contributed by atoms with Crippen LogP contribution in [-0.2, 0) is 9.53 Å². The number of piperazine rings is 1. The van der Waals surface area contributed by atoms with Gasteiger partial charge in [-0.15, -0.1) is 0 Å². The molecule has 1 atom stereocenters. The van der Waals surface area contributed by atoms with Crippen molar-refractivity contribution in [1.29, 1.82) is 0 Å². The fraction of sp³-hybridized carbons (Fsp3) is 0.846. The van der Waals surface area contributed by atoms with Gasteiger partial charge in [0.05, 0.1) is 6.54 Å². The predicted molar refractivity (Wildman–Crippen MR) is 74.7 cm³/mol. The second-order valence-electron chi connectivity index (χ2n) is 5.43. The number of methoxy groups -OCH3 is 1. The normalized spacial score (nSPS) is 18.1. The summed E-state index contributed by atoms with van der Waals surface area (Å²) in [5.41, 5.74) is 0. The smallest absolute Gasteiger partial charge is 0.334 e. The molecule has 1 saturated heterocycles. The number of nitrogens with zero attached hydrogens (tertiary/aromatic N) is 2. The summed E-state index contributed by atoms with van der Waals surface area (Å²) in [5.74, 6) is -0.456. The first-order valence-electron chi connectivity index (χ1n) is 6.94. The van der Waals surface area contributed by atoms with Gasteiger partial charge in [-0.25, -0.2) is 9.59 Å². The molecule has 116 valence electrons. The number of rotatable bonds is 6. The molecule has 1 fully saturated rings. The second-order valence-corrected chi connectivity index (χ2v) is 5.43. The van der Waals surface area contributed by atoms with Crippen molar-refractivity contribution in [1.82, 2.24) is 15.1 Å². The summed E-state index contributed by atoms with van der Waals surface area (Å²) < 4.78 is 4.77. The summed E-state index contributed by atoms with van der Waals surface area (Å²) >= 11 is 0. The van der Waals surface area contributed by atoms with E-state index in [4.69, 9.17) is 9.84 Å². The molecule has 0 aromatic heterocycles. The van der Waals surface area contributed by atoms with E-state index in [2.05, 4.69) is 24.1 Å². The van der Waals surface area contributed by atoms with Crippen LogP contribution in [0.3, 0.4) is 0 Å². The number of carboxylic acids is 1. The molecule has 0 aromatic carbocycles. The lowest BCUT2D eigenvalue weighted by Crippen LogP contribution is -2.53. The van der Waals surface area contributed by atoms with Crippen LogP contribution in [0.5, 0.6) is 0 Å². The zero-order valence-corrected chi connectivity index (χ0v) is 12.5. The molecule has 0 spiro atoms.